The van der Waals surface area contributed by atoms with Crippen LogP contribution in [0, 0.1) is 0 Å². The molecule has 0 radical (unpaired) electrons. The van der Waals surface area contributed by atoms with Crippen LogP contribution in [0.4, 0.5) is 10.5 Å². The third-order valence-electron chi connectivity index (χ3n) is 6.95. The Morgan fingerprint density at radius 2 is 1.57 bits per heavy atom. The minimum absolute atomic E-state index is 0.147. The number of hydrogen-bond donors (Lipinski definition) is 1. The largest absolute Gasteiger partial charge is 0.459 e. The lowest BCUT2D eigenvalue weighted by atomic mass is 9.88. The molecular weight excluding hydrogens is 526 g/mol. The fourth-order valence-corrected chi connectivity index (χ4v) is 5.02. The number of halogens is 1. The molecule has 3 aromatic carbocycles. The highest BCUT2D eigenvalue weighted by atomic mass is 35.5. The molecule has 0 unspecified atom stereocenters. The minimum atomic E-state index is -0.520. The molecule has 0 saturated carbocycles. The molecule has 40 heavy (non-hydrogen) atoms. The van der Waals surface area contributed by atoms with Crippen molar-refractivity contribution in [3.8, 4) is 0 Å². The molecule has 1 heterocycles. The van der Waals surface area contributed by atoms with E-state index in [-0.39, 0.29) is 28.6 Å². The van der Waals surface area contributed by atoms with Crippen molar-refractivity contribution in [1.29, 1.82) is 0 Å². The molecule has 1 saturated heterocycles. The van der Waals surface area contributed by atoms with Crippen molar-refractivity contribution in [3.05, 3.63) is 101 Å². The molecule has 0 aromatic heterocycles. The van der Waals surface area contributed by atoms with Crippen molar-refractivity contribution >= 4 is 29.3 Å². The summed E-state index contributed by atoms with van der Waals surface area (Å²) in [5.41, 5.74) is 3.15. The Labute approximate surface area is 242 Å². The lowest BCUT2D eigenvalue weighted by Gasteiger charge is -2.31. The van der Waals surface area contributed by atoms with E-state index in [1.54, 1.807) is 32.0 Å². The molecule has 1 fully saturated rings. The van der Waals surface area contributed by atoms with Crippen molar-refractivity contribution in [2.75, 3.05) is 51.3 Å². The Morgan fingerprint density at radius 1 is 0.950 bits per heavy atom. The monoisotopic (exact) mass is 563 g/mol. The highest BCUT2D eigenvalue weighted by Gasteiger charge is 2.22. The summed E-state index contributed by atoms with van der Waals surface area (Å²) in [7, 11) is 0. The van der Waals surface area contributed by atoms with Crippen LogP contribution in [0.25, 0.3) is 0 Å². The summed E-state index contributed by atoms with van der Waals surface area (Å²) in [6.45, 7) is 8.55. The number of amides is 2. The zero-order valence-corrected chi connectivity index (χ0v) is 24.0. The normalized spacial score (nSPS) is 13.8. The molecule has 1 aliphatic rings. The Balaban J connectivity index is 1.51. The fraction of sp³-hybridized carbons (Fsp3) is 0.375. The summed E-state index contributed by atoms with van der Waals surface area (Å²) in [5.74, 6) is -0.372. The molecule has 8 heteroatoms. The van der Waals surface area contributed by atoms with Crippen LogP contribution in [0.5, 0.6) is 0 Å². The van der Waals surface area contributed by atoms with Crippen molar-refractivity contribution < 1.29 is 19.1 Å². The minimum Gasteiger partial charge on any atom is -0.459 e. The van der Waals surface area contributed by atoms with Gasteiger partial charge in [-0.05, 0) is 49.6 Å². The van der Waals surface area contributed by atoms with Crippen LogP contribution in [0.15, 0.2) is 78.9 Å². The number of ether oxygens (including phenoxy) is 2. The van der Waals surface area contributed by atoms with Crippen molar-refractivity contribution in [1.82, 2.24) is 9.80 Å². The van der Waals surface area contributed by atoms with Gasteiger partial charge in [-0.15, -0.1) is 0 Å². The number of urea groups is 1. The lowest BCUT2D eigenvalue weighted by Crippen LogP contribution is -2.44. The zero-order chi connectivity index (χ0) is 28.3. The molecule has 1 aliphatic heterocycles. The average Bonchev–Trinajstić information content (AvgIpc) is 2.97. The van der Waals surface area contributed by atoms with Gasteiger partial charge in [0.15, 0.2) is 0 Å². The SMILES string of the molecule is CC(C)OC(=O)c1cc(NC(=O)N(CCC(c2ccccc2)c2ccccc2)CCN2CCOCC2)ccc1Cl. The van der Waals surface area contributed by atoms with Crippen LogP contribution in [-0.4, -0.2) is 73.8 Å². The molecule has 0 bridgehead atoms. The highest BCUT2D eigenvalue weighted by molar-refractivity contribution is 6.33. The van der Waals surface area contributed by atoms with Crippen LogP contribution in [0.2, 0.25) is 5.02 Å². The van der Waals surface area contributed by atoms with E-state index in [1.807, 2.05) is 17.0 Å². The van der Waals surface area contributed by atoms with Gasteiger partial charge in [0.25, 0.3) is 0 Å². The number of rotatable bonds is 11. The maximum atomic E-state index is 13.6. The van der Waals surface area contributed by atoms with E-state index in [0.717, 1.165) is 26.1 Å². The Hall–Kier alpha value is -3.39. The predicted octanol–water partition coefficient (Wildman–Crippen LogP) is 6.29. The van der Waals surface area contributed by atoms with Gasteiger partial charge in [-0.2, -0.15) is 0 Å². The number of carbonyl (C=O) groups excluding carboxylic acids is 2. The van der Waals surface area contributed by atoms with Crippen LogP contribution in [0.3, 0.4) is 0 Å². The van der Waals surface area contributed by atoms with Crippen LogP contribution >= 0.6 is 11.6 Å². The Morgan fingerprint density at radius 3 is 2.17 bits per heavy atom. The summed E-state index contributed by atoms with van der Waals surface area (Å²) in [6, 6.07) is 25.5. The second kappa shape index (κ2) is 14.8. The van der Waals surface area contributed by atoms with Crippen LogP contribution < -0.4 is 5.32 Å². The molecule has 0 spiro atoms. The van der Waals surface area contributed by atoms with Gasteiger partial charge in [0.1, 0.15) is 0 Å². The molecule has 1 N–H and O–H groups in total. The van der Waals surface area contributed by atoms with Gasteiger partial charge in [-0.3, -0.25) is 4.90 Å². The Kier molecular flexibility index (Phi) is 11.0. The summed E-state index contributed by atoms with van der Waals surface area (Å²) >= 11 is 6.27. The highest BCUT2D eigenvalue weighted by Crippen LogP contribution is 2.28. The van der Waals surface area contributed by atoms with Gasteiger partial charge >= 0.3 is 12.0 Å². The molecule has 7 nitrogen and oxygen atoms in total. The number of nitrogens with zero attached hydrogens (tertiary/aromatic N) is 2. The maximum absolute atomic E-state index is 13.6. The molecule has 3 aromatic rings. The number of carbonyl (C=O) groups is 2. The van der Waals surface area contributed by atoms with Gasteiger partial charge in [0.2, 0.25) is 0 Å². The van der Waals surface area contributed by atoms with Gasteiger partial charge in [0.05, 0.1) is 29.9 Å². The van der Waals surface area contributed by atoms with Crippen LogP contribution in [-0.2, 0) is 9.47 Å². The molecule has 0 aliphatic carbocycles. The summed E-state index contributed by atoms with van der Waals surface area (Å²) < 4.78 is 10.8. The van der Waals surface area contributed by atoms with Crippen molar-refractivity contribution in [2.24, 2.45) is 0 Å². The molecule has 212 valence electrons. The van der Waals surface area contributed by atoms with E-state index >= 15 is 0 Å². The smallest absolute Gasteiger partial charge is 0.339 e. The molecular formula is C32H38ClN3O4. The van der Waals surface area contributed by atoms with Crippen LogP contribution in [0.1, 0.15) is 47.7 Å². The van der Waals surface area contributed by atoms with Gasteiger partial charge < -0.3 is 19.7 Å². The number of anilines is 1. The fourth-order valence-electron chi connectivity index (χ4n) is 4.82. The van der Waals surface area contributed by atoms with E-state index in [4.69, 9.17) is 21.1 Å². The molecule has 2 amide bonds. The first-order valence-corrected chi connectivity index (χ1v) is 14.2. The van der Waals surface area contributed by atoms with Gasteiger partial charge in [-0.25, -0.2) is 9.59 Å². The maximum Gasteiger partial charge on any atom is 0.339 e. The van der Waals surface area contributed by atoms with E-state index < -0.39 is 5.97 Å². The lowest BCUT2D eigenvalue weighted by molar-refractivity contribution is 0.0350. The van der Waals surface area contributed by atoms with Gasteiger partial charge in [-0.1, -0.05) is 72.3 Å². The second-order valence-electron chi connectivity index (χ2n) is 10.2. The van der Waals surface area contributed by atoms with E-state index in [0.29, 0.717) is 32.0 Å². The zero-order valence-electron chi connectivity index (χ0n) is 23.2. The first-order chi connectivity index (χ1) is 19.4. The number of esters is 1. The van der Waals surface area contributed by atoms with Crippen molar-refractivity contribution in [2.45, 2.75) is 32.3 Å². The van der Waals surface area contributed by atoms with Gasteiger partial charge in [0, 0.05) is 44.3 Å². The average molecular weight is 564 g/mol. The van der Waals surface area contributed by atoms with Crippen molar-refractivity contribution in [3.63, 3.8) is 0 Å². The topological polar surface area (TPSA) is 71.1 Å². The Bertz CT molecular complexity index is 1190. The van der Waals surface area contributed by atoms with E-state index in [2.05, 4.69) is 58.7 Å². The third-order valence-corrected chi connectivity index (χ3v) is 7.28. The first kappa shape index (κ1) is 29.6. The number of morpholine rings is 1. The molecule has 4 rings (SSSR count). The number of benzene rings is 3. The molecule has 0 atom stereocenters. The summed E-state index contributed by atoms with van der Waals surface area (Å²) in [6.07, 6.45) is 0.483. The standard InChI is InChI=1S/C32H38ClN3O4/c1-24(2)40-31(37)29-23-27(13-14-30(29)33)34-32(38)36(18-17-35-19-21-39-22-20-35)16-15-28(25-9-5-3-6-10-25)26-11-7-4-8-12-26/h3-14,23-24,28H,15-22H2,1-2H3,(H,34,38). The van der Waals surface area contributed by atoms with E-state index in [9.17, 15) is 9.59 Å². The first-order valence-electron chi connectivity index (χ1n) is 13.9. The third kappa shape index (κ3) is 8.55. The summed E-state index contributed by atoms with van der Waals surface area (Å²) in [4.78, 5) is 30.3. The quantitative estimate of drug-likeness (QED) is 0.277. The van der Waals surface area contributed by atoms with E-state index in [1.165, 1.54) is 11.1 Å². The number of hydrogen-bond acceptors (Lipinski definition) is 5. The summed E-state index contributed by atoms with van der Waals surface area (Å²) in [5, 5.41) is 3.27. The predicted molar refractivity (Wildman–Crippen MR) is 159 cm³/mol. The number of nitrogens with one attached hydrogen (secondary N) is 1. The second-order valence-corrected chi connectivity index (χ2v) is 10.6.